The van der Waals surface area contributed by atoms with Gasteiger partial charge >= 0.3 is 0 Å². The first-order valence-electron chi connectivity index (χ1n) is 7.93. The van der Waals surface area contributed by atoms with Gasteiger partial charge in [0, 0.05) is 18.8 Å². The fraction of sp³-hybridized carbons (Fsp3) is 0.412. The van der Waals surface area contributed by atoms with Crippen molar-refractivity contribution in [1.29, 1.82) is 0 Å². The number of hydrogen-bond donors (Lipinski definition) is 1. The van der Waals surface area contributed by atoms with E-state index in [1.165, 1.54) is 12.3 Å². The molecule has 0 aromatic carbocycles. The lowest BCUT2D eigenvalue weighted by molar-refractivity contribution is 0.0606. The van der Waals surface area contributed by atoms with Gasteiger partial charge in [-0.2, -0.15) is 0 Å². The van der Waals surface area contributed by atoms with Crippen molar-refractivity contribution in [1.82, 2.24) is 15.2 Å². The highest BCUT2D eigenvalue weighted by Crippen LogP contribution is 2.28. The molecule has 1 amide bonds. The number of furan rings is 1. The maximum absolute atomic E-state index is 13.7. The average Bonchev–Trinajstić information content (AvgIpc) is 3.06. The van der Waals surface area contributed by atoms with Crippen LogP contribution < -0.4 is 5.32 Å². The van der Waals surface area contributed by atoms with E-state index >= 15 is 0 Å². The van der Waals surface area contributed by atoms with Crippen molar-refractivity contribution in [3.63, 3.8) is 0 Å². The van der Waals surface area contributed by atoms with Crippen LogP contribution in [0, 0.1) is 11.7 Å². The maximum Gasteiger partial charge on any atom is 0.287 e. The molecule has 3 saturated heterocycles. The smallest absolute Gasteiger partial charge is 0.287 e. The quantitative estimate of drug-likeness (QED) is 0.944. The predicted molar refractivity (Wildman–Crippen MR) is 82.3 cm³/mol. The van der Waals surface area contributed by atoms with Gasteiger partial charge in [0.1, 0.15) is 5.76 Å². The first-order valence-corrected chi connectivity index (χ1v) is 7.93. The molecule has 0 saturated carbocycles. The molecule has 3 aliphatic rings. The number of rotatable bonds is 3. The second-order valence-corrected chi connectivity index (χ2v) is 6.24. The molecule has 23 heavy (non-hydrogen) atoms. The van der Waals surface area contributed by atoms with Gasteiger partial charge in [-0.3, -0.25) is 9.78 Å². The Morgan fingerprint density at radius 3 is 2.83 bits per heavy atom. The summed E-state index contributed by atoms with van der Waals surface area (Å²) in [5.41, 5.74) is 0.307. The Morgan fingerprint density at radius 2 is 2.13 bits per heavy atom. The van der Waals surface area contributed by atoms with E-state index < -0.39 is 5.82 Å². The Morgan fingerprint density at radius 1 is 1.30 bits per heavy atom. The number of nitrogens with zero attached hydrogens (tertiary/aromatic N) is 2. The van der Waals surface area contributed by atoms with Crippen LogP contribution in [0.4, 0.5) is 4.39 Å². The fourth-order valence-corrected chi connectivity index (χ4v) is 3.55. The van der Waals surface area contributed by atoms with Gasteiger partial charge in [-0.15, -0.1) is 0 Å². The summed E-state index contributed by atoms with van der Waals surface area (Å²) >= 11 is 0. The average molecular weight is 315 g/mol. The molecule has 3 fully saturated rings. The Hall–Kier alpha value is -2.21. The summed E-state index contributed by atoms with van der Waals surface area (Å²) in [7, 11) is 0. The van der Waals surface area contributed by atoms with Crippen LogP contribution in [0.3, 0.4) is 0 Å². The number of hydrogen-bond acceptors (Lipinski definition) is 4. The van der Waals surface area contributed by atoms with Gasteiger partial charge in [0.15, 0.2) is 11.6 Å². The van der Waals surface area contributed by atoms with Crippen LogP contribution in [-0.2, 0) is 0 Å². The van der Waals surface area contributed by atoms with E-state index in [1.807, 2.05) is 0 Å². The lowest BCUT2D eigenvalue weighted by Crippen LogP contribution is -2.57. The standard InChI is InChI=1S/C17H18FN3O2/c18-13-9-19-6-3-12(13)15-1-2-16(23-15)17(22)20-14-10-21-7-4-11(14)5-8-21/h1-3,6,9,11,14H,4-5,7-8,10H2,(H,20,22). The van der Waals surface area contributed by atoms with Crippen molar-refractivity contribution in [2.45, 2.75) is 18.9 Å². The van der Waals surface area contributed by atoms with Crippen LogP contribution in [0.25, 0.3) is 11.3 Å². The Balaban J connectivity index is 1.48. The molecule has 2 aromatic rings. The molecular formula is C17H18FN3O2. The van der Waals surface area contributed by atoms with Crippen molar-refractivity contribution in [3.8, 4) is 11.3 Å². The van der Waals surface area contributed by atoms with Gasteiger partial charge in [0.2, 0.25) is 0 Å². The number of nitrogens with one attached hydrogen (secondary N) is 1. The molecular weight excluding hydrogens is 297 g/mol. The molecule has 120 valence electrons. The third kappa shape index (κ3) is 2.74. The summed E-state index contributed by atoms with van der Waals surface area (Å²) in [5, 5.41) is 3.07. The van der Waals surface area contributed by atoms with Crippen LogP contribution in [0.1, 0.15) is 23.4 Å². The molecule has 0 aliphatic carbocycles. The summed E-state index contributed by atoms with van der Waals surface area (Å²) in [4.78, 5) is 18.5. The Bertz CT molecular complexity index is 722. The Labute approximate surface area is 133 Å². The highest BCUT2D eigenvalue weighted by Gasteiger charge is 2.35. The van der Waals surface area contributed by atoms with E-state index in [9.17, 15) is 9.18 Å². The molecule has 5 rings (SSSR count). The van der Waals surface area contributed by atoms with Crippen molar-refractivity contribution >= 4 is 5.91 Å². The van der Waals surface area contributed by atoms with E-state index in [0.717, 1.165) is 38.7 Å². The van der Waals surface area contributed by atoms with Gasteiger partial charge in [-0.1, -0.05) is 0 Å². The molecule has 0 radical (unpaired) electrons. The molecule has 5 nitrogen and oxygen atoms in total. The highest BCUT2D eigenvalue weighted by molar-refractivity contribution is 5.92. The molecule has 3 aliphatic heterocycles. The first kappa shape index (κ1) is 14.4. The molecule has 2 bridgehead atoms. The van der Waals surface area contributed by atoms with Gasteiger partial charge in [-0.25, -0.2) is 4.39 Å². The van der Waals surface area contributed by atoms with Crippen molar-refractivity contribution < 1.29 is 13.6 Å². The molecule has 1 unspecified atom stereocenters. The lowest BCUT2D eigenvalue weighted by atomic mass is 9.84. The van der Waals surface area contributed by atoms with E-state index in [0.29, 0.717) is 17.2 Å². The van der Waals surface area contributed by atoms with Crippen LogP contribution >= 0.6 is 0 Å². The molecule has 1 N–H and O–H groups in total. The number of fused-ring (bicyclic) bond motifs is 3. The van der Waals surface area contributed by atoms with Crippen molar-refractivity contribution in [2.75, 3.05) is 19.6 Å². The zero-order valence-electron chi connectivity index (χ0n) is 12.7. The second-order valence-electron chi connectivity index (χ2n) is 6.24. The van der Waals surface area contributed by atoms with Gasteiger partial charge < -0.3 is 14.6 Å². The molecule has 1 atom stereocenters. The third-order valence-electron chi connectivity index (χ3n) is 4.84. The minimum absolute atomic E-state index is 0.177. The summed E-state index contributed by atoms with van der Waals surface area (Å²) in [6.07, 6.45) is 4.89. The lowest BCUT2D eigenvalue weighted by Gasteiger charge is -2.44. The molecule has 6 heteroatoms. The van der Waals surface area contributed by atoms with E-state index in [4.69, 9.17) is 4.42 Å². The highest BCUT2D eigenvalue weighted by atomic mass is 19.1. The SMILES string of the molecule is O=C(NC1CN2CCC1CC2)c1ccc(-c2ccncc2F)o1. The number of carbonyl (C=O) groups excluding carboxylic acids is 1. The van der Waals surface area contributed by atoms with Gasteiger partial charge in [0.05, 0.1) is 11.8 Å². The minimum Gasteiger partial charge on any atom is -0.451 e. The van der Waals surface area contributed by atoms with Crippen LogP contribution in [0.15, 0.2) is 35.0 Å². The minimum atomic E-state index is -0.466. The van der Waals surface area contributed by atoms with E-state index in [2.05, 4.69) is 15.2 Å². The molecule has 0 spiro atoms. The number of carbonyl (C=O) groups is 1. The van der Waals surface area contributed by atoms with Crippen molar-refractivity contribution in [2.24, 2.45) is 5.92 Å². The summed E-state index contributed by atoms with van der Waals surface area (Å²) < 4.78 is 19.3. The number of aromatic nitrogens is 1. The Kier molecular flexibility index (Phi) is 3.61. The zero-order valence-corrected chi connectivity index (χ0v) is 12.7. The topological polar surface area (TPSA) is 58.4 Å². The normalized spacial score (nSPS) is 26.2. The van der Waals surface area contributed by atoms with E-state index in [-0.39, 0.29) is 17.7 Å². The largest absolute Gasteiger partial charge is 0.451 e. The number of amides is 1. The van der Waals surface area contributed by atoms with Crippen LogP contribution in [-0.4, -0.2) is 41.5 Å². The summed E-state index contributed by atoms with van der Waals surface area (Å²) in [6, 6.07) is 4.91. The number of halogens is 1. The van der Waals surface area contributed by atoms with Crippen LogP contribution in [0.5, 0.6) is 0 Å². The molecule has 2 aromatic heterocycles. The monoisotopic (exact) mass is 315 g/mol. The summed E-state index contributed by atoms with van der Waals surface area (Å²) in [5.74, 6) is 0.406. The number of pyridine rings is 1. The second kappa shape index (κ2) is 5.77. The molecule has 5 heterocycles. The van der Waals surface area contributed by atoms with Crippen molar-refractivity contribution in [3.05, 3.63) is 42.2 Å². The van der Waals surface area contributed by atoms with Gasteiger partial charge in [0.25, 0.3) is 5.91 Å². The predicted octanol–water partition coefficient (Wildman–Crippen LogP) is 2.30. The zero-order chi connectivity index (χ0) is 15.8. The van der Waals surface area contributed by atoms with Gasteiger partial charge in [-0.05, 0) is 50.0 Å². The number of piperidine rings is 3. The summed E-state index contributed by atoms with van der Waals surface area (Å²) in [6.45, 7) is 3.16. The van der Waals surface area contributed by atoms with E-state index in [1.54, 1.807) is 12.1 Å². The third-order valence-corrected chi connectivity index (χ3v) is 4.84. The van der Waals surface area contributed by atoms with Crippen LogP contribution in [0.2, 0.25) is 0 Å². The maximum atomic E-state index is 13.7. The first-order chi connectivity index (χ1) is 11.2. The fourth-order valence-electron chi connectivity index (χ4n) is 3.55.